The Morgan fingerprint density at radius 1 is 1.12 bits per heavy atom. The molecule has 1 unspecified atom stereocenters. The van der Waals surface area contributed by atoms with Crippen LogP contribution in [0.3, 0.4) is 0 Å². The first-order valence-corrected chi connectivity index (χ1v) is 13.6. The van der Waals surface area contributed by atoms with Gasteiger partial charge in [0.15, 0.2) is 17.3 Å². The number of halogens is 1. The second kappa shape index (κ2) is 9.79. The zero-order chi connectivity index (χ0) is 29.1. The van der Waals surface area contributed by atoms with Crippen LogP contribution in [-0.4, -0.2) is 48.0 Å². The predicted molar refractivity (Wildman–Crippen MR) is 153 cm³/mol. The number of hydrogen-bond acceptors (Lipinski definition) is 7. The molecule has 0 spiro atoms. The number of alkyl carbamates (subject to hydrolysis) is 1. The molecule has 4 aromatic rings. The van der Waals surface area contributed by atoms with Gasteiger partial charge in [0.25, 0.3) is 0 Å². The lowest BCUT2D eigenvalue weighted by Gasteiger charge is -2.30. The van der Waals surface area contributed by atoms with Gasteiger partial charge in [-0.15, -0.1) is 0 Å². The predicted octanol–water partition coefficient (Wildman–Crippen LogP) is 5.67. The number of aromatic nitrogens is 1. The van der Waals surface area contributed by atoms with Gasteiger partial charge in [0.05, 0.1) is 23.7 Å². The van der Waals surface area contributed by atoms with Crippen molar-refractivity contribution >= 4 is 39.4 Å². The van der Waals surface area contributed by atoms with Crippen LogP contribution in [-0.2, 0) is 9.47 Å². The number of rotatable bonds is 4. The van der Waals surface area contributed by atoms with E-state index in [2.05, 4.69) is 5.32 Å². The number of amides is 1. The van der Waals surface area contributed by atoms with Gasteiger partial charge >= 0.3 is 12.1 Å². The number of pyridine rings is 1. The Morgan fingerprint density at radius 3 is 2.66 bits per heavy atom. The average molecular weight is 560 g/mol. The molecular weight excluding hydrogens is 529 g/mol. The number of anilines is 1. The quantitative estimate of drug-likeness (QED) is 0.283. The lowest BCUT2D eigenvalue weighted by Crippen LogP contribution is -2.40. The van der Waals surface area contributed by atoms with Gasteiger partial charge in [-0.2, -0.15) is 0 Å². The van der Waals surface area contributed by atoms with Crippen molar-refractivity contribution in [2.45, 2.75) is 45.8 Å². The zero-order valence-corrected chi connectivity index (χ0v) is 23.2. The smallest absolute Gasteiger partial charge is 0.407 e. The highest BCUT2D eigenvalue weighted by molar-refractivity contribution is 6.03. The molecule has 2 aliphatic rings. The summed E-state index contributed by atoms with van der Waals surface area (Å²) >= 11 is 0. The molecule has 1 atom stereocenters. The summed E-state index contributed by atoms with van der Waals surface area (Å²) in [5, 5.41) is 4.63. The van der Waals surface area contributed by atoms with Crippen LogP contribution in [0, 0.1) is 5.82 Å². The second-order valence-corrected chi connectivity index (χ2v) is 11.2. The van der Waals surface area contributed by atoms with E-state index in [0.717, 1.165) is 16.8 Å². The van der Waals surface area contributed by atoms with E-state index in [0.29, 0.717) is 36.5 Å². The Morgan fingerprint density at radius 2 is 1.90 bits per heavy atom. The molecule has 0 bridgehead atoms. The van der Waals surface area contributed by atoms with Crippen LogP contribution < -0.4 is 20.4 Å². The summed E-state index contributed by atoms with van der Waals surface area (Å²) < 4.78 is 34.7. The summed E-state index contributed by atoms with van der Waals surface area (Å²) in [4.78, 5) is 40.5. The Hall–Kier alpha value is -4.60. The van der Waals surface area contributed by atoms with Crippen molar-refractivity contribution in [1.82, 2.24) is 9.88 Å². The molecule has 0 radical (unpaired) electrons. The van der Waals surface area contributed by atoms with E-state index in [1.807, 2.05) is 30.3 Å². The van der Waals surface area contributed by atoms with E-state index >= 15 is 4.39 Å². The molecule has 3 aromatic carbocycles. The minimum atomic E-state index is -0.780. The highest BCUT2D eigenvalue weighted by Gasteiger charge is 2.35. The highest BCUT2D eigenvalue weighted by Crippen LogP contribution is 2.48. The second-order valence-electron chi connectivity index (χ2n) is 11.2. The maximum absolute atomic E-state index is 16.0. The number of nitrogens with zero attached hydrogens (tertiary/aromatic N) is 2. The van der Waals surface area contributed by atoms with Gasteiger partial charge in [-0.1, -0.05) is 30.3 Å². The molecule has 212 valence electrons. The molecule has 3 heterocycles. The van der Waals surface area contributed by atoms with Crippen molar-refractivity contribution in [2.24, 2.45) is 0 Å². The third-order valence-electron chi connectivity index (χ3n) is 7.21. The van der Waals surface area contributed by atoms with Crippen molar-refractivity contribution < 1.29 is 28.2 Å². The Balaban J connectivity index is 1.52. The SMILES string of the molecule is CCOC(=O)c1cn2c3c(c(N4CCC(NC(=O)OC(C)(C)C)C4)c(F)cc3c1=O)Oc1ccc3ccccc3c1-2. The van der Waals surface area contributed by atoms with E-state index < -0.39 is 28.9 Å². The molecule has 1 N–H and O–H groups in total. The molecule has 41 heavy (non-hydrogen) atoms. The number of hydrogen-bond donors (Lipinski definition) is 1. The van der Waals surface area contributed by atoms with Crippen LogP contribution in [0.25, 0.3) is 27.4 Å². The Labute approximate surface area is 235 Å². The van der Waals surface area contributed by atoms with Crippen molar-refractivity contribution in [1.29, 1.82) is 0 Å². The van der Waals surface area contributed by atoms with Crippen LogP contribution in [0.2, 0.25) is 0 Å². The van der Waals surface area contributed by atoms with E-state index in [1.165, 1.54) is 6.20 Å². The first kappa shape index (κ1) is 26.6. The molecule has 6 rings (SSSR count). The van der Waals surface area contributed by atoms with Crippen molar-refractivity contribution in [3.63, 3.8) is 0 Å². The molecule has 1 fully saturated rings. The summed E-state index contributed by atoms with van der Waals surface area (Å²) in [6.07, 6.45) is 1.48. The maximum Gasteiger partial charge on any atom is 0.407 e. The molecule has 1 aromatic heterocycles. The summed E-state index contributed by atoms with van der Waals surface area (Å²) in [6, 6.07) is 12.3. The molecule has 0 saturated carbocycles. The molecule has 10 heteroatoms. The lowest BCUT2D eigenvalue weighted by molar-refractivity contribution is 0.0503. The van der Waals surface area contributed by atoms with Crippen LogP contribution >= 0.6 is 0 Å². The highest BCUT2D eigenvalue weighted by atomic mass is 19.1. The third kappa shape index (κ3) is 4.63. The number of carbonyl (C=O) groups excluding carboxylic acids is 2. The monoisotopic (exact) mass is 559 g/mol. The topological polar surface area (TPSA) is 99.1 Å². The third-order valence-corrected chi connectivity index (χ3v) is 7.21. The molecule has 0 aliphatic carbocycles. The fourth-order valence-electron chi connectivity index (χ4n) is 5.57. The van der Waals surface area contributed by atoms with E-state index in [9.17, 15) is 14.4 Å². The van der Waals surface area contributed by atoms with Gasteiger partial charge in [0.1, 0.15) is 22.4 Å². The fraction of sp³-hybridized carbons (Fsp3) is 0.323. The molecule has 1 amide bonds. The number of esters is 1. The fourth-order valence-corrected chi connectivity index (χ4v) is 5.57. The van der Waals surface area contributed by atoms with Gasteiger partial charge in [-0.3, -0.25) is 4.79 Å². The molecule has 9 nitrogen and oxygen atoms in total. The molecular formula is C31H30FN3O6. The van der Waals surface area contributed by atoms with E-state index in [1.54, 1.807) is 43.2 Å². The van der Waals surface area contributed by atoms with Crippen molar-refractivity contribution in [2.75, 3.05) is 24.6 Å². The van der Waals surface area contributed by atoms with Crippen LogP contribution in [0.4, 0.5) is 14.9 Å². The zero-order valence-electron chi connectivity index (χ0n) is 23.2. The first-order valence-electron chi connectivity index (χ1n) is 13.6. The van der Waals surface area contributed by atoms with Gasteiger partial charge < -0.3 is 29.0 Å². The van der Waals surface area contributed by atoms with Gasteiger partial charge in [0.2, 0.25) is 5.43 Å². The molecule has 1 saturated heterocycles. The van der Waals surface area contributed by atoms with Crippen molar-refractivity contribution in [3.05, 3.63) is 70.3 Å². The lowest BCUT2D eigenvalue weighted by atomic mass is 10.0. The van der Waals surface area contributed by atoms with Gasteiger partial charge in [-0.05, 0) is 51.6 Å². The number of benzene rings is 3. The first-order chi connectivity index (χ1) is 19.6. The summed E-state index contributed by atoms with van der Waals surface area (Å²) in [5.41, 5.74) is -0.307. The average Bonchev–Trinajstić information content (AvgIpc) is 3.36. The summed E-state index contributed by atoms with van der Waals surface area (Å²) in [6.45, 7) is 7.85. The largest absolute Gasteiger partial charge is 0.462 e. The summed E-state index contributed by atoms with van der Waals surface area (Å²) in [5.74, 6) is -0.823. The number of carbonyl (C=O) groups is 2. The number of fused-ring (bicyclic) bond motifs is 4. The Kier molecular flexibility index (Phi) is 6.36. The standard InChI is InChI=1S/C31H30FN3O6/c1-5-39-29(37)21-16-35-24-19-9-7-6-8-17(19)10-11-23(24)40-28-25(35)20(27(21)36)14-22(32)26(28)34-13-12-18(15-34)33-30(38)41-31(2,3)4/h6-11,14,16,18H,5,12-13,15H2,1-4H3,(H,33,38). The van der Waals surface area contributed by atoms with Crippen LogP contribution in [0.1, 0.15) is 44.5 Å². The minimum Gasteiger partial charge on any atom is -0.462 e. The number of nitrogens with one attached hydrogen (secondary N) is 1. The summed E-state index contributed by atoms with van der Waals surface area (Å²) in [7, 11) is 0. The van der Waals surface area contributed by atoms with Crippen molar-refractivity contribution in [3.8, 4) is 17.2 Å². The minimum absolute atomic E-state index is 0.00742. The molecule has 2 aliphatic heterocycles. The van der Waals surface area contributed by atoms with E-state index in [-0.39, 0.29) is 35.0 Å². The normalized spacial score (nSPS) is 15.9. The Bertz CT molecular complexity index is 1790. The van der Waals surface area contributed by atoms with E-state index in [4.69, 9.17) is 14.2 Å². The van der Waals surface area contributed by atoms with Gasteiger partial charge in [0, 0.05) is 24.7 Å². The van der Waals surface area contributed by atoms with Crippen LogP contribution in [0.5, 0.6) is 11.5 Å². The van der Waals surface area contributed by atoms with Gasteiger partial charge in [-0.25, -0.2) is 14.0 Å². The van der Waals surface area contributed by atoms with Crippen LogP contribution in [0.15, 0.2) is 53.5 Å². The maximum atomic E-state index is 16.0. The number of ether oxygens (including phenoxy) is 3.